The van der Waals surface area contributed by atoms with E-state index >= 15 is 0 Å². The van der Waals surface area contributed by atoms with Gasteiger partial charge in [-0.3, -0.25) is 9.69 Å². The molecule has 0 fully saturated rings. The van der Waals surface area contributed by atoms with Crippen molar-refractivity contribution in [2.24, 2.45) is 0 Å². The SMILES string of the molecule is CCC(C(=O)O)N(C(=O)c1ccccc1)c1ccc(F)c(Cl)c1. The van der Waals surface area contributed by atoms with E-state index in [2.05, 4.69) is 0 Å². The first-order valence-electron chi connectivity index (χ1n) is 7.02. The number of carbonyl (C=O) groups is 2. The fourth-order valence-corrected chi connectivity index (χ4v) is 2.44. The average molecular weight is 336 g/mol. The predicted molar refractivity (Wildman–Crippen MR) is 86.4 cm³/mol. The molecule has 0 spiro atoms. The second kappa shape index (κ2) is 7.24. The Morgan fingerprint density at radius 2 is 1.87 bits per heavy atom. The number of hydrogen-bond donors (Lipinski definition) is 1. The summed E-state index contributed by atoms with van der Waals surface area (Å²) in [5.41, 5.74) is 0.576. The van der Waals surface area contributed by atoms with Gasteiger partial charge in [-0.2, -0.15) is 0 Å². The van der Waals surface area contributed by atoms with E-state index in [1.807, 2.05) is 0 Å². The zero-order valence-electron chi connectivity index (χ0n) is 12.4. The monoisotopic (exact) mass is 335 g/mol. The third-order valence-corrected chi connectivity index (χ3v) is 3.69. The smallest absolute Gasteiger partial charge is 0.326 e. The van der Waals surface area contributed by atoms with Crippen LogP contribution in [0.3, 0.4) is 0 Å². The molecular formula is C17H15ClFNO3. The molecule has 2 aromatic carbocycles. The quantitative estimate of drug-likeness (QED) is 0.898. The van der Waals surface area contributed by atoms with Crippen LogP contribution in [0.1, 0.15) is 23.7 Å². The Morgan fingerprint density at radius 3 is 2.39 bits per heavy atom. The molecule has 6 heteroatoms. The highest BCUT2D eigenvalue weighted by molar-refractivity contribution is 6.31. The molecule has 1 N–H and O–H groups in total. The minimum Gasteiger partial charge on any atom is -0.480 e. The van der Waals surface area contributed by atoms with Crippen LogP contribution in [0.5, 0.6) is 0 Å². The van der Waals surface area contributed by atoms with Crippen LogP contribution in [0.4, 0.5) is 10.1 Å². The Labute approximate surface area is 138 Å². The van der Waals surface area contributed by atoms with Gasteiger partial charge in [-0.1, -0.05) is 36.7 Å². The lowest BCUT2D eigenvalue weighted by Crippen LogP contribution is -2.45. The largest absolute Gasteiger partial charge is 0.480 e. The molecule has 2 rings (SSSR count). The number of carboxylic acids is 1. The molecule has 0 bridgehead atoms. The molecule has 0 radical (unpaired) electrons. The summed E-state index contributed by atoms with van der Waals surface area (Å²) in [5, 5.41) is 9.25. The summed E-state index contributed by atoms with van der Waals surface area (Å²) in [6, 6.07) is 10.9. The third kappa shape index (κ3) is 3.68. The number of halogens is 2. The highest BCUT2D eigenvalue weighted by Crippen LogP contribution is 2.26. The van der Waals surface area contributed by atoms with Crippen molar-refractivity contribution in [2.45, 2.75) is 19.4 Å². The Balaban J connectivity index is 2.53. The van der Waals surface area contributed by atoms with Crippen molar-refractivity contribution < 1.29 is 19.1 Å². The number of carbonyl (C=O) groups excluding carboxylic acids is 1. The minimum absolute atomic E-state index is 0.173. The third-order valence-electron chi connectivity index (χ3n) is 3.40. The van der Waals surface area contributed by atoms with Crippen LogP contribution in [0, 0.1) is 5.82 Å². The first-order valence-corrected chi connectivity index (χ1v) is 7.40. The molecule has 1 atom stereocenters. The normalized spacial score (nSPS) is 11.8. The first kappa shape index (κ1) is 17.0. The fourth-order valence-electron chi connectivity index (χ4n) is 2.26. The van der Waals surface area contributed by atoms with Gasteiger partial charge in [0.15, 0.2) is 0 Å². The van der Waals surface area contributed by atoms with Crippen LogP contribution in [0.15, 0.2) is 48.5 Å². The standard InChI is InChI=1S/C17H15ClFNO3/c1-2-15(17(22)23)20(12-8-9-14(19)13(18)10-12)16(21)11-6-4-3-5-7-11/h3-10,15H,2H2,1H3,(H,22,23). The maximum atomic E-state index is 13.4. The number of aliphatic carboxylic acids is 1. The number of benzene rings is 2. The van der Waals surface area contributed by atoms with E-state index in [4.69, 9.17) is 11.6 Å². The summed E-state index contributed by atoms with van der Waals surface area (Å²) < 4.78 is 13.4. The average Bonchev–Trinajstić information content (AvgIpc) is 2.55. The highest BCUT2D eigenvalue weighted by Gasteiger charge is 2.30. The first-order chi connectivity index (χ1) is 11.0. The second-order valence-corrected chi connectivity index (χ2v) is 5.31. The van der Waals surface area contributed by atoms with Gasteiger partial charge in [0.2, 0.25) is 0 Å². The van der Waals surface area contributed by atoms with Crippen molar-refractivity contribution in [3.8, 4) is 0 Å². The zero-order chi connectivity index (χ0) is 17.0. The van der Waals surface area contributed by atoms with E-state index in [0.717, 1.165) is 11.0 Å². The van der Waals surface area contributed by atoms with Crippen molar-refractivity contribution in [3.05, 3.63) is 64.9 Å². The molecule has 120 valence electrons. The van der Waals surface area contributed by atoms with Gasteiger partial charge in [-0.15, -0.1) is 0 Å². The molecule has 0 heterocycles. The number of hydrogen-bond acceptors (Lipinski definition) is 2. The maximum absolute atomic E-state index is 13.4. The molecule has 0 saturated carbocycles. The summed E-state index contributed by atoms with van der Waals surface area (Å²) in [6.45, 7) is 1.66. The predicted octanol–water partition coefficient (Wildman–Crippen LogP) is 3.99. The second-order valence-electron chi connectivity index (χ2n) is 4.90. The topological polar surface area (TPSA) is 57.6 Å². The van der Waals surface area contributed by atoms with E-state index in [1.54, 1.807) is 37.3 Å². The van der Waals surface area contributed by atoms with E-state index < -0.39 is 23.7 Å². The van der Waals surface area contributed by atoms with E-state index in [-0.39, 0.29) is 17.1 Å². The van der Waals surface area contributed by atoms with Crippen LogP contribution in [-0.2, 0) is 4.79 Å². The van der Waals surface area contributed by atoms with Gasteiger partial charge in [0.25, 0.3) is 5.91 Å². The molecule has 0 aliphatic rings. The Bertz CT molecular complexity index is 721. The summed E-state index contributed by atoms with van der Waals surface area (Å²) >= 11 is 5.78. The minimum atomic E-state index is -1.14. The molecule has 4 nitrogen and oxygen atoms in total. The fraction of sp³-hybridized carbons (Fsp3) is 0.176. The van der Waals surface area contributed by atoms with Gasteiger partial charge in [0.1, 0.15) is 11.9 Å². The van der Waals surface area contributed by atoms with E-state index in [1.165, 1.54) is 12.1 Å². The Morgan fingerprint density at radius 1 is 1.22 bits per heavy atom. The number of rotatable bonds is 5. The molecule has 0 saturated heterocycles. The molecule has 0 aliphatic heterocycles. The Hall–Kier alpha value is -2.40. The van der Waals surface area contributed by atoms with Gasteiger partial charge in [0, 0.05) is 11.3 Å². The molecule has 1 unspecified atom stereocenters. The zero-order valence-corrected chi connectivity index (χ0v) is 13.1. The van der Waals surface area contributed by atoms with Crippen LogP contribution >= 0.6 is 11.6 Å². The number of nitrogens with zero attached hydrogens (tertiary/aromatic N) is 1. The molecule has 1 amide bonds. The molecular weight excluding hydrogens is 321 g/mol. The van der Waals surface area contributed by atoms with E-state index in [0.29, 0.717) is 5.56 Å². The number of carboxylic acid groups (broad SMARTS) is 1. The van der Waals surface area contributed by atoms with E-state index in [9.17, 15) is 19.1 Å². The van der Waals surface area contributed by atoms with Crippen LogP contribution in [-0.4, -0.2) is 23.0 Å². The van der Waals surface area contributed by atoms with Gasteiger partial charge in [0.05, 0.1) is 5.02 Å². The number of amides is 1. The van der Waals surface area contributed by atoms with Crippen LogP contribution in [0.25, 0.3) is 0 Å². The summed E-state index contributed by atoms with van der Waals surface area (Å²) in [6.07, 6.45) is 0.197. The number of anilines is 1. The van der Waals surface area contributed by atoms with Crippen molar-refractivity contribution in [1.29, 1.82) is 0 Å². The lowest BCUT2D eigenvalue weighted by Gasteiger charge is -2.28. The molecule has 2 aromatic rings. The lowest BCUT2D eigenvalue weighted by atomic mass is 10.1. The lowest BCUT2D eigenvalue weighted by molar-refractivity contribution is -0.138. The summed E-state index contributed by atoms with van der Waals surface area (Å²) in [5.74, 6) is -2.26. The van der Waals surface area contributed by atoms with Crippen LogP contribution in [0.2, 0.25) is 5.02 Å². The van der Waals surface area contributed by atoms with Gasteiger partial charge in [-0.25, -0.2) is 9.18 Å². The summed E-state index contributed by atoms with van der Waals surface area (Å²) in [4.78, 5) is 25.4. The van der Waals surface area contributed by atoms with Crippen LogP contribution < -0.4 is 4.90 Å². The highest BCUT2D eigenvalue weighted by atomic mass is 35.5. The molecule has 0 aliphatic carbocycles. The van der Waals surface area contributed by atoms with Crippen molar-refractivity contribution in [1.82, 2.24) is 0 Å². The van der Waals surface area contributed by atoms with Gasteiger partial charge < -0.3 is 5.11 Å². The van der Waals surface area contributed by atoms with Crippen molar-refractivity contribution in [3.63, 3.8) is 0 Å². The Kier molecular flexibility index (Phi) is 5.34. The van der Waals surface area contributed by atoms with Gasteiger partial charge in [-0.05, 0) is 36.8 Å². The van der Waals surface area contributed by atoms with Crippen molar-refractivity contribution in [2.75, 3.05) is 4.90 Å². The van der Waals surface area contributed by atoms with Gasteiger partial charge >= 0.3 is 5.97 Å². The van der Waals surface area contributed by atoms with Crippen molar-refractivity contribution >= 4 is 29.2 Å². The maximum Gasteiger partial charge on any atom is 0.326 e. The summed E-state index contributed by atoms with van der Waals surface area (Å²) in [7, 11) is 0. The molecule has 0 aromatic heterocycles. The molecule has 23 heavy (non-hydrogen) atoms.